The fourth-order valence-electron chi connectivity index (χ4n) is 2.27. The number of amides is 1. The van der Waals surface area contributed by atoms with Gasteiger partial charge in [0, 0.05) is 25.0 Å². The quantitative estimate of drug-likeness (QED) is 0.759. The van der Waals surface area contributed by atoms with E-state index in [1.165, 1.54) is 23.5 Å². The maximum Gasteiger partial charge on any atom is 0.263 e. The van der Waals surface area contributed by atoms with Crippen molar-refractivity contribution >= 4 is 17.2 Å². The minimum Gasteiger partial charge on any atom is -0.351 e. The first-order chi connectivity index (χ1) is 12.0. The van der Waals surface area contributed by atoms with Crippen LogP contribution in [0, 0.1) is 18.6 Å². The van der Waals surface area contributed by atoms with Crippen LogP contribution in [0.3, 0.4) is 0 Å². The number of hydrogen-bond donors (Lipinski definition) is 1. The second kappa shape index (κ2) is 7.43. The Morgan fingerprint density at radius 1 is 1.16 bits per heavy atom. The highest BCUT2D eigenvalue weighted by Crippen LogP contribution is 2.24. The molecule has 0 spiro atoms. The summed E-state index contributed by atoms with van der Waals surface area (Å²) in [6.07, 6.45) is 3.54. The molecule has 1 aromatic carbocycles. The molecule has 0 aliphatic rings. The van der Waals surface area contributed by atoms with Crippen molar-refractivity contribution in [2.75, 3.05) is 6.54 Å². The molecule has 3 rings (SSSR count). The van der Waals surface area contributed by atoms with Crippen LogP contribution >= 0.6 is 11.3 Å². The third-order valence-electron chi connectivity index (χ3n) is 3.38. The van der Waals surface area contributed by atoms with E-state index in [1.807, 2.05) is 0 Å². The lowest BCUT2D eigenvalue weighted by Gasteiger charge is -2.05. The van der Waals surface area contributed by atoms with Crippen LogP contribution in [0.4, 0.5) is 8.78 Å². The first-order valence-corrected chi connectivity index (χ1v) is 8.32. The van der Waals surface area contributed by atoms with Gasteiger partial charge in [-0.15, -0.1) is 11.3 Å². The zero-order valence-corrected chi connectivity index (χ0v) is 14.1. The minimum absolute atomic E-state index is 0.260. The number of thiazole rings is 1. The van der Waals surface area contributed by atoms with Crippen LogP contribution in [0.25, 0.3) is 10.8 Å². The van der Waals surface area contributed by atoms with Gasteiger partial charge in [-0.1, -0.05) is 0 Å². The van der Waals surface area contributed by atoms with Crippen LogP contribution < -0.4 is 5.32 Å². The van der Waals surface area contributed by atoms with E-state index in [-0.39, 0.29) is 12.5 Å². The highest BCUT2D eigenvalue weighted by Gasteiger charge is 2.17. The number of nitrogens with one attached hydrogen (secondary N) is 1. The van der Waals surface area contributed by atoms with Crippen molar-refractivity contribution in [3.05, 3.63) is 64.4 Å². The van der Waals surface area contributed by atoms with Gasteiger partial charge in [-0.25, -0.2) is 23.7 Å². The van der Waals surface area contributed by atoms with Gasteiger partial charge in [0.15, 0.2) is 10.8 Å². The summed E-state index contributed by atoms with van der Waals surface area (Å²) in [5.41, 5.74) is 1.07. The largest absolute Gasteiger partial charge is 0.351 e. The lowest BCUT2D eigenvalue weighted by molar-refractivity contribution is 0.0957. The number of carbonyl (C=O) groups excluding carboxylic acids is 1. The summed E-state index contributed by atoms with van der Waals surface area (Å²) in [6, 6.07) is 5.01. The predicted octanol–water partition coefficient (Wildman–Crippen LogP) is 3.16. The highest BCUT2D eigenvalue weighted by molar-refractivity contribution is 7.17. The van der Waals surface area contributed by atoms with Gasteiger partial charge < -0.3 is 5.32 Å². The first kappa shape index (κ1) is 17.1. The molecule has 2 aromatic heterocycles. The smallest absolute Gasteiger partial charge is 0.263 e. The number of aryl methyl sites for hydroxylation is 1. The summed E-state index contributed by atoms with van der Waals surface area (Å²) in [6.45, 7) is 2.00. The molecule has 25 heavy (non-hydrogen) atoms. The third-order valence-corrected chi connectivity index (χ3v) is 4.53. The molecule has 0 aliphatic carbocycles. The number of rotatable bonds is 5. The SMILES string of the molecule is Cc1nc(-c2ncccn2)sc1C(=O)NCCc1cc(F)cc(F)c1. The molecule has 1 amide bonds. The topological polar surface area (TPSA) is 67.8 Å². The van der Waals surface area contributed by atoms with Gasteiger partial charge in [-0.3, -0.25) is 4.79 Å². The molecule has 0 unspecified atom stereocenters. The first-order valence-electron chi connectivity index (χ1n) is 7.51. The number of halogens is 2. The fourth-order valence-corrected chi connectivity index (χ4v) is 3.20. The minimum atomic E-state index is -0.632. The number of carbonyl (C=O) groups is 1. The third kappa shape index (κ3) is 4.21. The van der Waals surface area contributed by atoms with Crippen molar-refractivity contribution in [1.82, 2.24) is 20.3 Å². The van der Waals surface area contributed by atoms with Crippen molar-refractivity contribution in [2.24, 2.45) is 0 Å². The molecule has 0 radical (unpaired) electrons. The summed E-state index contributed by atoms with van der Waals surface area (Å²) >= 11 is 1.20. The zero-order chi connectivity index (χ0) is 17.8. The summed E-state index contributed by atoms with van der Waals surface area (Å²) in [5.74, 6) is -1.08. The average molecular weight is 360 g/mol. The van der Waals surface area contributed by atoms with Crippen molar-refractivity contribution < 1.29 is 13.6 Å². The van der Waals surface area contributed by atoms with E-state index in [0.29, 0.717) is 33.4 Å². The van der Waals surface area contributed by atoms with Gasteiger partial charge in [-0.05, 0) is 37.1 Å². The van der Waals surface area contributed by atoms with E-state index in [0.717, 1.165) is 6.07 Å². The molecule has 2 heterocycles. The van der Waals surface area contributed by atoms with Crippen LogP contribution in [0.15, 0.2) is 36.7 Å². The van der Waals surface area contributed by atoms with Gasteiger partial charge in [0.2, 0.25) is 0 Å². The maximum atomic E-state index is 13.1. The second-order valence-corrected chi connectivity index (χ2v) is 6.29. The van der Waals surface area contributed by atoms with Crippen molar-refractivity contribution in [3.63, 3.8) is 0 Å². The molecule has 3 aromatic rings. The summed E-state index contributed by atoms with van der Waals surface area (Å²) in [7, 11) is 0. The van der Waals surface area contributed by atoms with Crippen LogP contribution in [-0.2, 0) is 6.42 Å². The van der Waals surface area contributed by atoms with Gasteiger partial charge in [0.25, 0.3) is 5.91 Å². The Morgan fingerprint density at radius 3 is 2.52 bits per heavy atom. The van der Waals surface area contributed by atoms with Crippen LogP contribution in [0.1, 0.15) is 20.9 Å². The number of aromatic nitrogens is 3. The molecule has 0 bridgehead atoms. The molecule has 128 valence electrons. The lowest BCUT2D eigenvalue weighted by atomic mass is 10.1. The van der Waals surface area contributed by atoms with Gasteiger partial charge >= 0.3 is 0 Å². The molecular formula is C17H14F2N4OS. The van der Waals surface area contributed by atoms with Crippen molar-refractivity contribution in [3.8, 4) is 10.8 Å². The standard InChI is InChI=1S/C17H14F2N4OS/c1-10-14(25-17(23-10)15-20-4-2-5-21-15)16(24)22-6-3-11-7-12(18)9-13(19)8-11/h2,4-5,7-9H,3,6H2,1H3,(H,22,24). The number of nitrogens with zero attached hydrogens (tertiary/aromatic N) is 3. The second-order valence-electron chi connectivity index (χ2n) is 5.29. The fraction of sp³-hybridized carbons (Fsp3) is 0.176. The van der Waals surface area contributed by atoms with Crippen molar-refractivity contribution in [1.29, 1.82) is 0 Å². The van der Waals surface area contributed by atoms with Crippen LogP contribution in [0.5, 0.6) is 0 Å². The Balaban J connectivity index is 1.64. The van der Waals surface area contributed by atoms with E-state index in [2.05, 4.69) is 20.3 Å². The highest BCUT2D eigenvalue weighted by atomic mass is 32.1. The van der Waals surface area contributed by atoms with Crippen LogP contribution in [0.2, 0.25) is 0 Å². The molecule has 0 atom stereocenters. The molecule has 0 fully saturated rings. The number of hydrogen-bond acceptors (Lipinski definition) is 5. The Morgan fingerprint density at radius 2 is 1.84 bits per heavy atom. The normalized spacial score (nSPS) is 10.7. The molecule has 1 N–H and O–H groups in total. The number of benzene rings is 1. The molecular weight excluding hydrogens is 346 g/mol. The molecule has 5 nitrogen and oxygen atoms in total. The van der Waals surface area contributed by atoms with E-state index in [4.69, 9.17) is 0 Å². The Labute approximate surface area is 146 Å². The average Bonchev–Trinajstić information content (AvgIpc) is 2.97. The zero-order valence-electron chi connectivity index (χ0n) is 13.3. The Kier molecular flexibility index (Phi) is 5.08. The predicted molar refractivity (Wildman–Crippen MR) is 90.3 cm³/mol. The van der Waals surface area contributed by atoms with Gasteiger partial charge in [-0.2, -0.15) is 0 Å². The van der Waals surface area contributed by atoms with Gasteiger partial charge in [0.05, 0.1) is 5.69 Å². The molecule has 8 heteroatoms. The van der Waals surface area contributed by atoms with Crippen LogP contribution in [-0.4, -0.2) is 27.4 Å². The van der Waals surface area contributed by atoms with E-state index >= 15 is 0 Å². The van der Waals surface area contributed by atoms with E-state index in [9.17, 15) is 13.6 Å². The summed E-state index contributed by atoms with van der Waals surface area (Å²) in [5, 5.41) is 3.30. The van der Waals surface area contributed by atoms with Gasteiger partial charge in [0.1, 0.15) is 16.5 Å². The van der Waals surface area contributed by atoms with E-state index < -0.39 is 11.6 Å². The summed E-state index contributed by atoms with van der Waals surface area (Å²) in [4.78, 5) is 25.3. The Bertz CT molecular complexity index is 879. The van der Waals surface area contributed by atoms with Crippen molar-refractivity contribution in [2.45, 2.75) is 13.3 Å². The molecule has 0 aliphatic heterocycles. The maximum absolute atomic E-state index is 13.1. The monoisotopic (exact) mass is 360 g/mol. The summed E-state index contributed by atoms with van der Waals surface area (Å²) < 4.78 is 26.3. The Hall–Kier alpha value is -2.74. The molecule has 0 saturated carbocycles. The molecule has 0 saturated heterocycles. The van der Waals surface area contributed by atoms with E-state index in [1.54, 1.807) is 25.4 Å². The lowest BCUT2D eigenvalue weighted by Crippen LogP contribution is -2.25.